The highest BCUT2D eigenvalue weighted by atomic mass is 19.1. The van der Waals surface area contributed by atoms with Crippen LogP contribution in [-0.2, 0) is 7.05 Å². The third-order valence-electron chi connectivity index (χ3n) is 6.32. The summed E-state index contributed by atoms with van der Waals surface area (Å²) in [4.78, 5) is 4.32. The Hall–Kier alpha value is -2.30. The third-order valence-corrected chi connectivity index (χ3v) is 6.32. The lowest BCUT2D eigenvalue weighted by Gasteiger charge is -2.25. The summed E-state index contributed by atoms with van der Waals surface area (Å²) in [5.74, 6) is 1.31. The van der Waals surface area contributed by atoms with Crippen LogP contribution in [0, 0.1) is 17.2 Å². The number of nitrogens with two attached hydrogens (primary N) is 1. The van der Waals surface area contributed by atoms with E-state index in [-0.39, 0.29) is 16.8 Å². The van der Waals surface area contributed by atoms with E-state index in [1.54, 1.807) is 6.07 Å². The quantitative estimate of drug-likeness (QED) is 0.881. The molecule has 2 aliphatic rings. The molecular weight excluding hydrogens is 327 g/mol. The summed E-state index contributed by atoms with van der Waals surface area (Å²) in [5.41, 5.74) is 8.72. The Morgan fingerprint density at radius 2 is 2.08 bits per heavy atom. The lowest BCUT2D eigenvalue weighted by Crippen LogP contribution is -2.46. The predicted octanol–water partition coefficient (Wildman–Crippen LogP) is 3.64. The van der Waals surface area contributed by atoms with Gasteiger partial charge in [0.2, 0.25) is 0 Å². The molecule has 0 bridgehead atoms. The number of nitrogens with zero attached hydrogens (tertiary/aromatic N) is 2. The van der Waals surface area contributed by atoms with Crippen molar-refractivity contribution in [3.05, 3.63) is 47.9 Å². The molecular formula is C21H27FN4. The molecule has 1 aliphatic heterocycles. The number of benzene rings is 1. The minimum atomic E-state index is -0.170. The van der Waals surface area contributed by atoms with Crippen molar-refractivity contribution in [2.24, 2.45) is 29.1 Å². The van der Waals surface area contributed by atoms with E-state index in [9.17, 15) is 4.39 Å². The average Bonchev–Trinajstić information content (AvgIpc) is 2.90. The molecule has 1 saturated carbocycles. The number of aliphatic imine (C=N–C) groups is 1. The summed E-state index contributed by atoms with van der Waals surface area (Å²) in [5, 5.41) is 3.33. The van der Waals surface area contributed by atoms with Crippen LogP contribution in [0.15, 0.2) is 41.5 Å². The maximum absolute atomic E-state index is 14.5. The Bertz CT molecular complexity index is 882. The van der Waals surface area contributed by atoms with Crippen molar-refractivity contribution < 1.29 is 4.39 Å². The van der Waals surface area contributed by atoms with Crippen molar-refractivity contribution in [2.45, 2.75) is 38.6 Å². The van der Waals surface area contributed by atoms with Crippen LogP contribution < -0.4 is 11.1 Å². The number of nitrogens with one attached hydrogen (secondary N) is 1. The topological polar surface area (TPSA) is 55.3 Å². The molecule has 1 aromatic carbocycles. The number of hydrogen-bond acceptors (Lipinski definition) is 3. The van der Waals surface area contributed by atoms with Gasteiger partial charge in [0.25, 0.3) is 0 Å². The van der Waals surface area contributed by atoms with Crippen LogP contribution in [-0.4, -0.2) is 22.6 Å². The standard InChI is InChI=1S/C21H27FN4/c1-20(2)15(11-21(3)12-24-19(23)25-21)18(20)13-7-8-16(22)14(10-13)17-6-5-9-26(17)4/h5-10,15,18H,11-12H2,1-4H3,(H3,23,24,25)/t15-,18-,21?/m1/s1. The molecule has 1 aliphatic carbocycles. The molecule has 3 atom stereocenters. The molecule has 138 valence electrons. The lowest BCUT2D eigenvalue weighted by molar-refractivity contribution is 0.366. The van der Waals surface area contributed by atoms with Gasteiger partial charge < -0.3 is 15.6 Å². The van der Waals surface area contributed by atoms with Gasteiger partial charge >= 0.3 is 0 Å². The highest BCUT2D eigenvalue weighted by molar-refractivity contribution is 5.80. The van der Waals surface area contributed by atoms with Crippen LogP contribution >= 0.6 is 0 Å². The summed E-state index contributed by atoms with van der Waals surface area (Å²) in [6.07, 6.45) is 2.95. The van der Waals surface area contributed by atoms with Gasteiger partial charge in [0.05, 0.1) is 17.8 Å². The lowest BCUT2D eigenvalue weighted by atomic mass is 9.92. The smallest absolute Gasteiger partial charge is 0.189 e. The molecule has 2 heterocycles. The molecule has 3 N–H and O–H groups in total. The van der Waals surface area contributed by atoms with Crippen LogP contribution in [0.5, 0.6) is 0 Å². The number of rotatable bonds is 4. The van der Waals surface area contributed by atoms with E-state index in [0.717, 1.165) is 18.7 Å². The molecule has 26 heavy (non-hydrogen) atoms. The fraction of sp³-hybridized carbons (Fsp3) is 0.476. The fourth-order valence-corrected chi connectivity index (χ4v) is 4.71. The Balaban J connectivity index is 1.61. The van der Waals surface area contributed by atoms with Gasteiger partial charge in [-0.05, 0) is 60.4 Å². The van der Waals surface area contributed by atoms with Gasteiger partial charge in [-0.3, -0.25) is 4.99 Å². The first-order valence-corrected chi connectivity index (χ1v) is 9.20. The number of halogens is 1. The Morgan fingerprint density at radius 3 is 2.69 bits per heavy atom. The molecule has 4 rings (SSSR count). The van der Waals surface area contributed by atoms with Crippen LogP contribution in [0.25, 0.3) is 11.3 Å². The van der Waals surface area contributed by atoms with Crippen LogP contribution in [0.1, 0.15) is 38.7 Å². The number of guanidine groups is 1. The van der Waals surface area contributed by atoms with E-state index >= 15 is 0 Å². The second-order valence-electron chi connectivity index (χ2n) is 8.74. The molecule has 0 spiro atoms. The van der Waals surface area contributed by atoms with Gasteiger partial charge in [-0.1, -0.05) is 19.9 Å². The van der Waals surface area contributed by atoms with Crippen molar-refractivity contribution in [1.29, 1.82) is 0 Å². The first-order valence-electron chi connectivity index (χ1n) is 9.20. The maximum atomic E-state index is 14.5. The van der Waals surface area contributed by atoms with Crippen LogP contribution in [0.2, 0.25) is 0 Å². The molecule has 1 fully saturated rings. The van der Waals surface area contributed by atoms with E-state index in [2.05, 4.69) is 31.1 Å². The molecule has 2 aromatic rings. The zero-order chi connectivity index (χ0) is 18.7. The van der Waals surface area contributed by atoms with Gasteiger partial charge in [-0.25, -0.2) is 4.39 Å². The van der Waals surface area contributed by atoms with E-state index in [0.29, 0.717) is 23.4 Å². The molecule has 0 amide bonds. The first kappa shape index (κ1) is 17.1. The Morgan fingerprint density at radius 1 is 1.31 bits per heavy atom. The van der Waals surface area contributed by atoms with E-state index < -0.39 is 0 Å². The van der Waals surface area contributed by atoms with Gasteiger partial charge in [0, 0.05) is 18.8 Å². The van der Waals surface area contributed by atoms with Crippen molar-refractivity contribution >= 4 is 5.96 Å². The molecule has 0 saturated heterocycles. The zero-order valence-corrected chi connectivity index (χ0v) is 15.9. The minimum Gasteiger partial charge on any atom is -0.370 e. The molecule has 0 radical (unpaired) electrons. The fourth-order valence-electron chi connectivity index (χ4n) is 4.71. The molecule has 1 aromatic heterocycles. The van der Waals surface area contributed by atoms with Gasteiger partial charge in [0.1, 0.15) is 5.82 Å². The maximum Gasteiger partial charge on any atom is 0.189 e. The molecule has 1 unspecified atom stereocenters. The van der Waals surface area contributed by atoms with Crippen molar-refractivity contribution in [3.8, 4) is 11.3 Å². The van der Waals surface area contributed by atoms with Gasteiger partial charge in [-0.15, -0.1) is 0 Å². The second kappa shape index (κ2) is 5.60. The largest absolute Gasteiger partial charge is 0.370 e. The van der Waals surface area contributed by atoms with Crippen LogP contribution in [0.3, 0.4) is 0 Å². The van der Waals surface area contributed by atoms with E-state index in [1.807, 2.05) is 42.1 Å². The summed E-state index contributed by atoms with van der Waals surface area (Å²) in [6.45, 7) is 7.50. The summed E-state index contributed by atoms with van der Waals surface area (Å²) < 4.78 is 16.4. The monoisotopic (exact) mass is 354 g/mol. The summed E-state index contributed by atoms with van der Waals surface area (Å²) >= 11 is 0. The second-order valence-corrected chi connectivity index (χ2v) is 8.74. The first-order chi connectivity index (χ1) is 12.2. The van der Waals surface area contributed by atoms with Crippen molar-refractivity contribution in [3.63, 3.8) is 0 Å². The minimum absolute atomic E-state index is 0.0816. The van der Waals surface area contributed by atoms with E-state index in [1.165, 1.54) is 5.56 Å². The van der Waals surface area contributed by atoms with Gasteiger partial charge in [-0.2, -0.15) is 0 Å². The highest BCUT2D eigenvalue weighted by Crippen LogP contribution is 2.67. The predicted molar refractivity (Wildman–Crippen MR) is 103 cm³/mol. The Kier molecular flexibility index (Phi) is 3.69. The average molecular weight is 354 g/mol. The number of aryl methyl sites for hydroxylation is 1. The number of aromatic nitrogens is 1. The highest BCUT2D eigenvalue weighted by Gasteiger charge is 2.59. The number of hydrogen-bond donors (Lipinski definition) is 2. The Labute approximate surface area is 154 Å². The zero-order valence-electron chi connectivity index (χ0n) is 15.9. The van der Waals surface area contributed by atoms with Crippen molar-refractivity contribution in [1.82, 2.24) is 9.88 Å². The van der Waals surface area contributed by atoms with Crippen LogP contribution in [0.4, 0.5) is 4.39 Å². The third kappa shape index (κ3) is 2.70. The summed E-state index contributed by atoms with van der Waals surface area (Å²) in [6, 6.07) is 9.50. The van der Waals surface area contributed by atoms with Gasteiger partial charge in [0.15, 0.2) is 5.96 Å². The molecule has 4 nitrogen and oxygen atoms in total. The normalized spacial score (nSPS) is 29.3. The van der Waals surface area contributed by atoms with Crippen molar-refractivity contribution in [2.75, 3.05) is 6.54 Å². The SMILES string of the molecule is Cn1cccc1-c1cc([C@@H]2[C@@H](CC3(C)CN=C(N)N3)C2(C)C)ccc1F. The van der Waals surface area contributed by atoms with E-state index in [4.69, 9.17) is 5.73 Å². The summed E-state index contributed by atoms with van der Waals surface area (Å²) in [7, 11) is 1.95. The molecule has 5 heteroatoms.